The first-order valence-corrected chi connectivity index (χ1v) is 8.92. The highest BCUT2D eigenvalue weighted by atomic mass is 32.2. The zero-order valence-electron chi connectivity index (χ0n) is 12.6. The molecule has 5 nitrogen and oxygen atoms in total. The van der Waals surface area contributed by atoms with Gasteiger partial charge >= 0.3 is 0 Å². The summed E-state index contributed by atoms with van der Waals surface area (Å²) in [6.45, 7) is 5.66. The molecular weight excluding hydrogens is 286 g/mol. The second-order valence-electron chi connectivity index (χ2n) is 4.95. The summed E-state index contributed by atoms with van der Waals surface area (Å²) in [5, 5.41) is 7.80. The normalized spacial score (nSPS) is 11.6. The number of anilines is 1. The van der Waals surface area contributed by atoms with Gasteiger partial charge in [-0.2, -0.15) is 5.10 Å². The zero-order chi connectivity index (χ0) is 15.5. The summed E-state index contributed by atoms with van der Waals surface area (Å²) in [7, 11) is -3.14. The molecular formula is C15H21N3O2S. The lowest BCUT2D eigenvalue weighted by atomic mass is 10.3. The molecule has 0 saturated heterocycles. The van der Waals surface area contributed by atoms with Gasteiger partial charge in [0.05, 0.1) is 22.8 Å². The predicted molar refractivity (Wildman–Crippen MR) is 84.2 cm³/mol. The molecule has 2 aromatic rings. The van der Waals surface area contributed by atoms with Crippen molar-refractivity contribution < 1.29 is 8.42 Å². The minimum Gasteiger partial charge on any atom is -0.379 e. The average molecular weight is 307 g/mol. The quantitative estimate of drug-likeness (QED) is 0.890. The van der Waals surface area contributed by atoms with E-state index in [1.165, 1.54) is 6.26 Å². The molecule has 0 bridgehead atoms. The van der Waals surface area contributed by atoms with E-state index in [0.29, 0.717) is 11.4 Å². The molecule has 0 aliphatic rings. The first-order chi connectivity index (χ1) is 9.94. The zero-order valence-corrected chi connectivity index (χ0v) is 13.4. The summed E-state index contributed by atoms with van der Waals surface area (Å²) >= 11 is 0. The molecule has 0 atom stereocenters. The third kappa shape index (κ3) is 3.85. The second kappa shape index (κ2) is 6.30. The molecule has 0 aliphatic carbocycles. The number of benzene rings is 1. The maximum Gasteiger partial charge on any atom is 0.175 e. The summed E-state index contributed by atoms with van der Waals surface area (Å²) in [5.41, 5.74) is 3.10. The molecule has 2 rings (SSSR count). The van der Waals surface area contributed by atoms with Gasteiger partial charge in [0.1, 0.15) is 0 Å². The topological polar surface area (TPSA) is 64.0 Å². The molecule has 1 aromatic carbocycles. The first kappa shape index (κ1) is 15.6. The van der Waals surface area contributed by atoms with Gasteiger partial charge in [-0.05, 0) is 43.7 Å². The highest BCUT2D eigenvalue weighted by Gasteiger charge is 2.07. The van der Waals surface area contributed by atoms with E-state index in [1.54, 1.807) is 24.3 Å². The highest BCUT2D eigenvalue weighted by molar-refractivity contribution is 7.90. The standard InChI is InChI=1S/C15H21N3O2S/c1-4-12-10-14(18(5-2)17-12)11-16-13-6-8-15(9-7-13)21(3,19)20/h6-10,16H,4-5,11H2,1-3H3. The lowest BCUT2D eigenvalue weighted by Gasteiger charge is -2.08. The lowest BCUT2D eigenvalue weighted by Crippen LogP contribution is -2.08. The Kier molecular flexibility index (Phi) is 4.67. The van der Waals surface area contributed by atoms with Gasteiger partial charge in [-0.25, -0.2) is 8.42 Å². The van der Waals surface area contributed by atoms with Crippen LogP contribution in [0.25, 0.3) is 0 Å². The Labute approximate surface area is 125 Å². The third-order valence-electron chi connectivity index (χ3n) is 3.33. The van der Waals surface area contributed by atoms with Gasteiger partial charge in [-0.1, -0.05) is 6.92 Å². The van der Waals surface area contributed by atoms with Crippen LogP contribution in [0, 0.1) is 0 Å². The molecule has 1 aromatic heterocycles. The Morgan fingerprint density at radius 2 is 1.86 bits per heavy atom. The number of rotatable bonds is 6. The van der Waals surface area contributed by atoms with E-state index in [2.05, 4.69) is 30.3 Å². The van der Waals surface area contributed by atoms with Crippen LogP contribution >= 0.6 is 0 Å². The number of nitrogens with one attached hydrogen (secondary N) is 1. The van der Waals surface area contributed by atoms with Crippen LogP contribution < -0.4 is 5.32 Å². The van der Waals surface area contributed by atoms with Crippen LogP contribution in [0.1, 0.15) is 25.2 Å². The Balaban J connectivity index is 2.08. The van der Waals surface area contributed by atoms with Crippen molar-refractivity contribution in [2.24, 2.45) is 0 Å². The van der Waals surface area contributed by atoms with Crippen molar-refractivity contribution in [1.29, 1.82) is 0 Å². The Hall–Kier alpha value is -1.82. The monoisotopic (exact) mass is 307 g/mol. The van der Waals surface area contributed by atoms with Gasteiger partial charge in [0.25, 0.3) is 0 Å². The summed E-state index contributed by atoms with van der Waals surface area (Å²) in [5.74, 6) is 0. The fourth-order valence-electron chi connectivity index (χ4n) is 2.12. The molecule has 114 valence electrons. The van der Waals surface area contributed by atoms with Gasteiger partial charge < -0.3 is 5.32 Å². The van der Waals surface area contributed by atoms with Gasteiger partial charge in [0, 0.05) is 18.5 Å². The van der Waals surface area contributed by atoms with E-state index < -0.39 is 9.84 Å². The number of hydrogen-bond acceptors (Lipinski definition) is 4. The van der Waals surface area contributed by atoms with Crippen LogP contribution in [-0.2, 0) is 29.3 Å². The van der Waals surface area contributed by atoms with Crippen LogP contribution in [0.5, 0.6) is 0 Å². The summed E-state index contributed by atoms with van der Waals surface area (Å²) in [6.07, 6.45) is 2.13. The van der Waals surface area contributed by atoms with Crippen LogP contribution in [0.15, 0.2) is 35.2 Å². The van der Waals surface area contributed by atoms with E-state index >= 15 is 0 Å². The molecule has 0 spiro atoms. The molecule has 1 N–H and O–H groups in total. The van der Waals surface area contributed by atoms with Crippen LogP contribution in [0.2, 0.25) is 0 Å². The fraction of sp³-hybridized carbons (Fsp3) is 0.400. The first-order valence-electron chi connectivity index (χ1n) is 7.03. The number of sulfone groups is 1. The molecule has 0 amide bonds. The molecule has 1 heterocycles. The van der Waals surface area contributed by atoms with Gasteiger partial charge in [0.2, 0.25) is 0 Å². The van der Waals surface area contributed by atoms with Crippen molar-refractivity contribution in [2.75, 3.05) is 11.6 Å². The molecule has 0 saturated carbocycles. The number of nitrogens with zero attached hydrogens (tertiary/aromatic N) is 2. The van der Waals surface area contributed by atoms with E-state index in [1.807, 2.05) is 4.68 Å². The average Bonchev–Trinajstić information content (AvgIpc) is 2.87. The van der Waals surface area contributed by atoms with Crippen molar-refractivity contribution in [3.05, 3.63) is 41.7 Å². The third-order valence-corrected chi connectivity index (χ3v) is 4.46. The van der Waals surface area contributed by atoms with Crippen LogP contribution in [0.4, 0.5) is 5.69 Å². The Morgan fingerprint density at radius 3 is 2.38 bits per heavy atom. The maximum atomic E-state index is 11.4. The summed E-state index contributed by atoms with van der Waals surface area (Å²) in [4.78, 5) is 0.333. The minimum absolute atomic E-state index is 0.333. The maximum absolute atomic E-state index is 11.4. The van der Waals surface area contributed by atoms with Crippen molar-refractivity contribution in [3.63, 3.8) is 0 Å². The van der Waals surface area contributed by atoms with E-state index in [-0.39, 0.29) is 0 Å². The van der Waals surface area contributed by atoms with Crippen LogP contribution in [-0.4, -0.2) is 24.5 Å². The minimum atomic E-state index is -3.14. The molecule has 0 radical (unpaired) electrons. The number of aromatic nitrogens is 2. The largest absolute Gasteiger partial charge is 0.379 e. The van der Waals surface area contributed by atoms with Crippen molar-refractivity contribution in [1.82, 2.24) is 9.78 Å². The molecule has 21 heavy (non-hydrogen) atoms. The SMILES string of the molecule is CCc1cc(CNc2ccc(S(C)(=O)=O)cc2)n(CC)n1. The van der Waals surface area contributed by atoms with Gasteiger partial charge in [-0.3, -0.25) is 4.68 Å². The molecule has 0 unspecified atom stereocenters. The second-order valence-corrected chi connectivity index (χ2v) is 6.96. The van der Waals surface area contributed by atoms with E-state index in [0.717, 1.165) is 30.0 Å². The fourth-order valence-corrected chi connectivity index (χ4v) is 2.75. The molecule has 6 heteroatoms. The predicted octanol–water partition coefficient (Wildman–Crippen LogP) is 2.48. The lowest BCUT2D eigenvalue weighted by molar-refractivity contribution is 0.602. The van der Waals surface area contributed by atoms with E-state index in [4.69, 9.17) is 0 Å². The van der Waals surface area contributed by atoms with Gasteiger partial charge in [0.15, 0.2) is 9.84 Å². The van der Waals surface area contributed by atoms with Crippen molar-refractivity contribution >= 4 is 15.5 Å². The van der Waals surface area contributed by atoms with Crippen molar-refractivity contribution in [3.8, 4) is 0 Å². The number of aryl methyl sites for hydroxylation is 2. The van der Waals surface area contributed by atoms with Gasteiger partial charge in [-0.15, -0.1) is 0 Å². The smallest absolute Gasteiger partial charge is 0.175 e. The highest BCUT2D eigenvalue weighted by Crippen LogP contribution is 2.15. The van der Waals surface area contributed by atoms with E-state index in [9.17, 15) is 8.42 Å². The summed E-state index contributed by atoms with van der Waals surface area (Å²) in [6, 6.07) is 8.90. The van der Waals surface area contributed by atoms with Crippen molar-refractivity contribution in [2.45, 2.75) is 38.3 Å². The van der Waals surface area contributed by atoms with Crippen LogP contribution in [0.3, 0.4) is 0 Å². The molecule has 0 fully saturated rings. The summed E-state index contributed by atoms with van der Waals surface area (Å²) < 4.78 is 24.8. The Morgan fingerprint density at radius 1 is 1.19 bits per heavy atom. The molecule has 0 aliphatic heterocycles. The Bertz CT molecular complexity index is 703. The number of hydrogen-bond donors (Lipinski definition) is 1.